The van der Waals surface area contributed by atoms with Crippen LogP contribution in [-0.4, -0.2) is 38.4 Å². The first-order valence-electron chi connectivity index (χ1n) is 8.97. The van der Waals surface area contributed by atoms with Crippen LogP contribution in [0.3, 0.4) is 0 Å². The van der Waals surface area contributed by atoms with Gasteiger partial charge in [0.05, 0.1) is 16.3 Å². The molecule has 0 radical (unpaired) electrons. The highest BCUT2D eigenvalue weighted by Gasteiger charge is 2.23. The predicted octanol–water partition coefficient (Wildman–Crippen LogP) is 3.56. The number of carbonyl (C=O) groups excluding carboxylic acids is 2. The normalized spacial score (nSPS) is 12.2. The highest BCUT2D eigenvalue weighted by Crippen LogP contribution is 2.25. The molecule has 0 saturated carbocycles. The first kappa shape index (κ1) is 22.9. The molecule has 0 fully saturated rings. The van der Waals surface area contributed by atoms with Gasteiger partial charge in [0.25, 0.3) is 5.91 Å². The van der Waals surface area contributed by atoms with E-state index in [0.717, 1.165) is 11.6 Å². The molecule has 1 aromatic heterocycles. The number of thiazole rings is 1. The van der Waals surface area contributed by atoms with Crippen LogP contribution in [-0.2, 0) is 19.6 Å². The number of amides is 1. The number of hydrogen-bond acceptors (Lipinski definition) is 7. The Bertz CT molecular complexity index is 1210. The minimum Gasteiger partial charge on any atom is -0.449 e. The van der Waals surface area contributed by atoms with Crippen molar-refractivity contribution in [2.45, 2.75) is 17.9 Å². The van der Waals surface area contributed by atoms with E-state index in [1.54, 1.807) is 5.38 Å². The van der Waals surface area contributed by atoms with E-state index in [4.69, 9.17) is 16.3 Å². The van der Waals surface area contributed by atoms with Gasteiger partial charge in [-0.3, -0.25) is 10.1 Å². The van der Waals surface area contributed by atoms with Gasteiger partial charge in [-0.2, -0.15) is 0 Å². The Kier molecular flexibility index (Phi) is 7.06. The summed E-state index contributed by atoms with van der Waals surface area (Å²) in [5.41, 5.74) is 1.57. The van der Waals surface area contributed by atoms with E-state index in [0.29, 0.717) is 10.8 Å². The third-order valence-electron chi connectivity index (χ3n) is 4.18. The second-order valence-corrected chi connectivity index (χ2v) is 9.41. The van der Waals surface area contributed by atoms with Crippen molar-refractivity contribution >= 4 is 50.0 Å². The number of sulfonamides is 1. The predicted molar refractivity (Wildman–Crippen MR) is 119 cm³/mol. The molecule has 8 nitrogen and oxygen atoms in total. The van der Waals surface area contributed by atoms with E-state index in [9.17, 15) is 18.0 Å². The standard InChI is InChI=1S/C20H18ClN3O5S2/c1-12(18(25)24-20-23-16(11-30-20)13-6-4-3-5-7-13)29-19(26)14-8-9-15(21)17(10-14)31(27,28)22-2/h3-12,22H,1-2H3,(H,23,24,25). The number of aromatic nitrogens is 1. The molecule has 11 heteroatoms. The number of carbonyl (C=O) groups is 2. The molecule has 1 heterocycles. The van der Waals surface area contributed by atoms with E-state index < -0.39 is 28.0 Å². The summed E-state index contributed by atoms with van der Waals surface area (Å²) in [6.45, 7) is 1.40. The summed E-state index contributed by atoms with van der Waals surface area (Å²) in [5.74, 6) is -1.43. The lowest BCUT2D eigenvalue weighted by Gasteiger charge is -2.13. The average molecular weight is 480 g/mol. The Hall–Kier alpha value is -2.79. The molecule has 2 aromatic carbocycles. The zero-order valence-corrected chi connectivity index (χ0v) is 18.8. The number of halogens is 1. The van der Waals surface area contributed by atoms with Crippen molar-refractivity contribution in [1.29, 1.82) is 0 Å². The van der Waals surface area contributed by atoms with E-state index in [1.165, 1.54) is 37.4 Å². The molecule has 0 bridgehead atoms. The van der Waals surface area contributed by atoms with Crippen molar-refractivity contribution < 1.29 is 22.7 Å². The summed E-state index contributed by atoms with van der Waals surface area (Å²) in [6.07, 6.45) is -1.14. The number of benzene rings is 2. The summed E-state index contributed by atoms with van der Waals surface area (Å²) in [6, 6.07) is 13.2. The quantitative estimate of drug-likeness (QED) is 0.501. The van der Waals surface area contributed by atoms with Gasteiger partial charge in [-0.05, 0) is 32.2 Å². The Balaban J connectivity index is 1.67. The monoisotopic (exact) mass is 479 g/mol. The van der Waals surface area contributed by atoms with Crippen LogP contribution < -0.4 is 10.0 Å². The van der Waals surface area contributed by atoms with Crippen molar-refractivity contribution in [3.63, 3.8) is 0 Å². The summed E-state index contributed by atoms with van der Waals surface area (Å²) < 4.78 is 31.3. The fraction of sp³-hybridized carbons (Fsp3) is 0.150. The minimum absolute atomic E-state index is 0.0466. The Morgan fingerprint density at radius 3 is 2.55 bits per heavy atom. The SMILES string of the molecule is CNS(=O)(=O)c1cc(C(=O)OC(C)C(=O)Nc2nc(-c3ccccc3)cs2)ccc1Cl. The van der Waals surface area contributed by atoms with Crippen LogP contribution in [0, 0.1) is 0 Å². The first-order valence-corrected chi connectivity index (χ1v) is 11.7. The summed E-state index contributed by atoms with van der Waals surface area (Å²) in [4.78, 5) is 28.9. The fourth-order valence-corrected chi connectivity index (χ4v) is 4.48. The number of nitrogens with one attached hydrogen (secondary N) is 2. The lowest BCUT2D eigenvalue weighted by Crippen LogP contribution is -2.30. The van der Waals surface area contributed by atoms with Crippen molar-refractivity contribution in [3.05, 3.63) is 64.5 Å². The molecule has 31 heavy (non-hydrogen) atoms. The van der Waals surface area contributed by atoms with Gasteiger partial charge in [-0.1, -0.05) is 41.9 Å². The molecular weight excluding hydrogens is 462 g/mol. The van der Waals surface area contributed by atoms with Crippen LogP contribution >= 0.6 is 22.9 Å². The van der Waals surface area contributed by atoms with Crippen molar-refractivity contribution in [2.75, 3.05) is 12.4 Å². The summed E-state index contributed by atoms with van der Waals surface area (Å²) in [5, 5.41) is 4.73. The second kappa shape index (κ2) is 9.56. The van der Waals surface area contributed by atoms with Gasteiger partial charge < -0.3 is 4.74 Å². The molecule has 2 N–H and O–H groups in total. The number of nitrogens with zero attached hydrogens (tertiary/aromatic N) is 1. The molecule has 0 saturated heterocycles. The van der Waals surface area contributed by atoms with Crippen LogP contribution in [0.2, 0.25) is 5.02 Å². The van der Waals surface area contributed by atoms with Gasteiger partial charge >= 0.3 is 5.97 Å². The highest BCUT2D eigenvalue weighted by molar-refractivity contribution is 7.89. The lowest BCUT2D eigenvalue weighted by molar-refractivity contribution is -0.123. The topological polar surface area (TPSA) is 114 Å². The maximum atomic E-state index is 12.4. The zero-order valence-electron chi connectivity index (χ0n) is 16.5. The van der Waals surface area contributed by atoms with Gasteiger partial charge in [-0.15, -0.1) is 11.3 Å². The van der Waals surface area contributed by atoms with E-state index >= 15 is 0 Å². The van der Waals surface area contributed by atoms with Gasteiger partial charge in [-0.25, -0.2) is 22.9 Å². The van der Waals surface area contributed by atoms with Crippen LogP contribution in [0.15, 0.2) is 58.8 Å². The first-order chi connectivity index (χ1) is 14.7. The fourth-order valence-electron chi connectivity index (χ4n) is 2.51. The number of hydrogen-bond donors (Lipinski definition) is 2. The molecule has 1 unspecified atom stereocenters. The third kappa shape index (κ3) is 5.47. The summed E-state index contributed by atoms with van der Waals surface area (Å²) in [7, 11) is -2.64. The third-order valence-corrected chi connectivity index (χ3v) is 6.84. The largest absolute Gasteiger partial charge is 0.449 e. The molecule has 0 spiro atoms. The smallest absolute Gasteiger partial charge is 0.338 e. The van der Waals surface area contributed by atoms with E-state index in [1.807, 2.05) is 30.3 Å². The van der Waals surface area contributed by atoms with E-state index in [-0.39, 0.29) is 15.5 Å². The van der Waals surface area contributed by atoms with Gasteiger partial charge in [0.2, 0.25) is 10.0 Å². The molecule has 0 aliphatic carbocycles. The molecule has 1 amide bonds. The van der Waals surface area contributed by atoms with Gasteiger partial charge in [0.15, 0.2) is 11.2 Å². The molecule has 1 atom stereocenters. The summed E-state index contributed by atoms with van der Waals surface area (Å²) >= 11 is 7.16. The second-order valence-electron chi connectivity index (χ2n) is 6.29. The molecule has 162 valence electrons. The average Bonchev–Trinajstić information content (AvgIpc) is 3.22. The zero-order chi connectivity index (χ0) is 22.6. The molecule has 0 aliphatic rings. The van der Waals surface area contributed by atoms with Gasteiger partial charge in [0.1, 0.15) is 4.90 Å². The van der Waals surface area contributed by atoms with Crippen LogP contribution in [0.1, 0.15) is 17.3 Å². The lowest BCUT2D eigenvalue weighted by atomic mass is 10.2. The van der Waals surface area contributed by atoms with E-state index in [2.05, 4.69) is 15.0 Å². The van der Waals surface area contributed by atoms with Crippen molar-refractivity contribution in [3.8, 4) is 11.3 Å². The van der Waals surface area contributed by atoms with Crippen molar-refractivity contribution in [1.82, 2.24) is 9.71 Å². The van der Waals surface area contributed by atoms with Crippen LogP contribution in [0.5, 0.6) is 0 Å². The van der Waals surface area contributed by atoms with Crippen LogP contribution in [0.4, 0.5) is 5.13 Å². The number of esters is 1. The molecular formula is C20H18ClN3O5S2. The molecule has 3 rings (SSSR count). The Labute approximate surface area is 188 Å². The highest BCUT2D eigenvalue weighted by atomic mass is 35.5. The number of anilines is 1. The maximum Gasteiger partial charge on any atom is 0.338 e. The Morgan fingerprint density at radius 2 is 1.87 bits per heavy atom. The van der Waals surface area contributed by atoms with Crippen LogP contribution in [0.25, 0.3) is 11.3 Å². The maximum absolute atomic E-state index is 12.4. The van der Waals surface area contributed by atoms with Crippen molar-refractivity contribution in [2.24, 2.45) is 0 Å². The number of ether oxygens (including phenoxy) is 1. The molecule has 3 aromatic rings. The van der Waals surface area contributed by atoms with Gasteiger partial charge in [0, 0.05) is 10.9 Å². The molecule has 0 aliphatic heterocycles. The minimum atomic E-state index is -3.87. The Morgan fingerprint density at radius 1 is 1.16 bits per heavy atom. The number of rotatable bonds is 7.